The molecular formula is C15H19NS. The summed E-state index contributed by atoms with van der Waals surface area (Å²) in [4.78, 5) is 1.36. The predicted molar refractivity (Wildman–Crippen MR) is 76.5 cm³/mol. The van der Waals surface area contributed by atoms with Crippen molar-refractivity contribution in [2.75, 3.05) is 6.54 Å². The van der Waals surface area contributed by atoms with Gasteiger partial charge in [-0.1, -0.05) is 36.8 Å². The van der Waals surface area contributed by atoms with E-state index in [2.05, 4.69) is 54.9 Å². The Morgan fingerprint density at radius 3 is 2.82 bits per heavy atom. The highest BCUT2D eigenvalue weighted by molar-refractivity contribution is 7.13. The van der Waals surface area contributed by atoms with Gasteiger partial charge in [-0.3, -0.25) is 0 Å². The minimum absolute atomic E-state index is 0.960. The average molecular weight is 245 g/mol. The third kappa shape index (κ3) is 3.18. The molecular weight excluding hydrogens is 226 g/mol. The summed E-state index contributed by atoms with van der Waals surface area (Å²) < 4.78 is 0. The Bertz CT molecular complexity index is 460. The number of hydrogen-bond donors (Lipinski definition) is 1. The largest absolute Gasteiger partial charge is 0.313 e. The van der Waals surface area contributed by atoms with Crippen LogP contribution < -0.4 is 5.32 Å². The van der Waals surface area contributed by atoms with E-state index < -0.39 is 0 Å². The van der Waals surface area contributed by atoms with Crippen LogP contribution in [0.5, 0.6) is 0 Å². The lowest BCUT2D eigenvalue weighted by molar-refractivity contribution is 0.676. The van der Waals surface area contributed by atoms with E-state index in [-0.39, 0.29) is 0 Å². The zero-order chi connectivity index (χ0) is 12.1. The number of hydrogen-bond acceptors (Lipinski definition) is 2. The smallest absolute Gasteiger partial charge is 0.0346 e. The molecule has 0 aliphatic carbocycles. The van der Waals surface area contributed by atoms with Crippen LogP contribution in [0.25, 0.3) is 10.4 Å². The lowest BCUT2D eigenvalue weighted by Gasteiger charge is -2.10. The maximum absolute atomic E-state index is 3.48. The third-order valence-corrected chi connectivity index (χ3v) is 3.70. The van der Waals surface area contributed by atoms with Crippen LogP contribution in [-0.4, -0.2) is 6.54 Å². The molecule has 1 nitrogen and oxygen atoms in total. The first-order chi connectivity index (χ1) is 8.31. The summed E-state index contributed by atoms with van der Waals surface area (Å²) in [5.41, 5.74) is 4.10. The average Bonchev–Trinajstić information content (AvgIpc) is 2.85. The van der Waals surface area contributed by atoms with E-state index in [9.17, 15) is 0 Å². The van der Waals surface area contributed by atoms with Crippen molar-refractivity contribution in [2.45, 2.75) is 26.8 Å². The van der Waals surface area contributed by atoms with Crippen molar-refractivity contribution >= 4 is 11.3 Å². The van der Waals surface area contributed by atoms with Gasteiger partial charge in [-0.25, -0.2) is 0 Å². The van der Waals surface area contributed by atoms with Crippen molar-refractivity contribution in [3.05, 3.63) is 46.8 Å². The fourth-order valence-electron chi connectivity index (χ4n) is 1.91. The number of aryl methyl sites for hydroxylation is 1. The molecule has 1 N–H and O–H groups in total. The van der Waals surface area contributed by atoms with Gasteiger partial charge in [-0.15, -0.1) is 11.3 Å². The van der Waals surface area contributed by atoms with Gasteiger partial charge >= 0.3 is 0 Å². The Morgan fingerprint density at radius 1 is 1.24 bits per heavy atom. The first kappa shape index (κ1) is 12.3. The topological polar surface area (TPSA) is 12.0 Å². The summed E-state index contributed by atoms with van der Waals surface area (Å²) in [6.07, 6.45) is 1.18. The first-order valence-electron chi connectivity index (χ1n) is 6.15. The van der Waals surface area contributed by atoms with E-state index in [1.165, 1.54) is 28.0 Å². The Kier molecular flexibility index (Phi) is 4.35. The Hall–Kier alpha value is -1.12. The van der Waals surface area contributed by atoms with Crippen molar-refractivity contribution in [3.63, 3.8) is 0 Å². The molecule has 0 fully saturated rings. The highest BCUT2D eigenvalue weighted by atomic mass is 32.1. The monoisotopic (exact) mass is 245 g/mol. The van der Waals surface area contributed by atoms with Crippen LogP contribution in [0.4, 0.5) is 0 Å². The van der Waals surface area contributed by atoms with Gasteiger partial charge in [0.2, 0.25) is 0 Å². The minimum atomic E-state index is 0.960. The Labute approximate surface area is 108 Å². The number of benzene rings is 1. The fraction of sp³-hybridized carbons (Fsp3) is 0.333. The molecule has 0 atom stereocenters. The molecule has 1 aromatic heterocycles. The van der Waals surface area contributed by atoms with E-state index in [0.717, 1.165) is 13.1 Å². The molecule has 0 unspecified atom stereocenters. The highest BCUT2D eigenvalue weighted by Gasteiger charge is 2.05. The normalized spacial score (nSPS) is 10.7. The van der Waals surface area contributed by atoms with Crippen molar-refractivity contribution in [1.82, 2.24) is 5.32 Å². The summed E-state index contributed by atoms with van der Waals surface area (Å²) >= 11 is 1.81. The predicted octanol–water partition coefficient (Wildman–Crippen LogP) is 4.22. The number of nitrogens with one attached hydrogen (secondary N) is 1. The molecule has 90 valence electrons. The quantitative estimate of drug-likeness (QED) is 0.778. The van der Waals surface area contributed by atoms with Gasteiger partial charge in [0.05, 0.1) is 0 Å². The molecule has 0 aliphatic heterocycles. The molecule has 0 saturated heterocycles. The second-order valence-corrected chi connectivity index (χ2v) is 5.26. The van der Waals surface area contributed by atoms with Crippen molar-refractivity contribution in [1.29, 1.82) is 0 Å². The van der Waals surface area contributed by atoms with Gasteiger partial charge in [0.15, 0.2) is 0 Å². The number of thiophene rings is 1. The van der Waals surface area contributed by atoms with Crippen molar-refractivity contribution < 1.29 is 0 Å². The van der Waals surface area contributed by atoms with Crippen LogP contribution in [0.1, 0.15) is 24.5 Å². The molecule has 1 aromatic carbocycles. The molecule has 1 heterocycles. The minimum Gasteiger partial charge on any atom is -0.313 e. The van der Waals surface area contributed by atoms with Crippen molar-refractivity contribution in [2.24, 2.45) is 0 Å². The SMILES string of the molecule is CCCNCc1ccc(C)cc1-c1cccs1. The number of rotatable bonds is 5. The molecule has 0 aliphatic rings. The molecule has 17 heavy (non-hydrogen) atoms. The lowest BCUT2D eigenvalue weighted by Crippen LogP contribution is -2.14. The van der Waals surface area contributed by atoms with E-state index in [0.29, 0.717) is 0 Å². The van der Waals surface area contributed by atoms with E-state index in [1.807, 2.05) is 11.3 Å². The zero-order valence-corrected chi connectivity index (χ0v) is 11.3. The molecule has 2 rings (SSSR count). The van der Waals surface area contributed by atoms with Gasteiger partial charge in [-0.05, 0) is 42.5 Å². The maximum atomic E-state index is 3.48. The lowest BCUT2D eigenvalue weighted by atomic mass is 10.0. The van der Waals surface area contributed by atoms with Gasteiger partial charge in [-0.2, -0.15) is 0 Å². The standard InChI is InChI=1S/C15H19NS/c1-3-8-16-11-13-7-6-12(2)10-14(13)15-5-4-9-17-15/h4-7,9-10,16H,3,8,11H2,1-2H3. The summed E-state index contributed by atoms with van der Waals surface area (Å²) in [5.74, 6) is 0. The van der Waals surface area contributed by atoms with E-state index in [1.54, 1.807) is 0 Å². The molecule has 0 amide bonds. The Morgan fingerprint density at radius 2 is 2.12 bits per heavy atom. The van der Waals surface area contributed by atoms with Crippen LogP contribution in [0.3, 0.4) is 0 Å². The van der Waals surface area contributed by atoms with Crippen molar-refractivity contribution in [3.8, 4) is 10.4 Å². The maximum Gasteiger partial charge on any atom is 0.0346 e. The summed E-state index contributed by atoms with van der Waals surface area (Å²) in [6, 6.07) is 11.0. The van der Waals surface area contributed by atoms with Crippen LogP contribution in [0, 0.1) is 6.92 Å². The van der Waals surface area contributed by atoms with E-state index >= 15 is 0 Å². The molecule has 2 heteroatoms. The molecule has 0 spiro atoms. The Balaban J connectivity index is 2.25. The first-order valence-corrected chi connectivity index (χ1v) is 7.03. The summed E-state index contributed by atoms with van der Waals surface area (Å²) in [6.45, 7) is 6.39. The third-order valence-electron chi connectivity index (χ3n) is 2.79. The van der Waals surface area contributed by atoms with Gasteiger partial charge in [0.25, 0.3) is 0 Å². The van der Waals surface area contributed by atoms with Gasteiger partial charge < -0.3 is 5.32 Å². The van der Waals surface area contributed by atoms with Gasteiger partial charge in [0.1, 0.15) is 0 Å². The summed E-state index contributed by atoms with van der Waals surface area (Å²) in [5, 5.41) is 5.62. The summed E-state index contributed by atoms with van der Waals surface area (Å²) in [7, 11) is 0. The van der Waals surface area contributed by atoms with Crippen LogP contribution in [0.15, 0.2) is 35.7 Å². The molecule has 0 bridgehead atoms. The highest BCUT2D eigenvalue weighted by Crippen LogP contribution is 2.29. The molecule has 0 radical (unpaired) electrons. The molecule has 0 saturated carbocycles. The molecule has 2 aromatic rings. The van der Waals surface area contributed by atoms with E-state index in [4.69, 9.17) is 0 Å². The zero-order valence-electron chi connectivity index (χ0n) is 10.5. The second kappa shape index (κ2) is 5.99. The van der Waals surface area contributed by atoms with Crippen LogP contribution >= 0.6 is 11.3 Å². The van der Waals surface area contributed by atoms with Crippen LogP contribution in [-0.2, 0) is 6.54 Å². The van der Waals surface area contributed by atoms with Crippen LogP contribution in [0.2, 0.25) is 0 Å². The van der Waals surface area contributed by atoms with Gasteiger partial charge in [0, 0.05) is 11.4 Å². The second-order valence-electron chi connectivity index (χ2n) is 4.31. The fourth-order valence-corrected chi connectivity index (χ4v) is 2.68.